The highest BCUT2D eigenvalue weighted by atomic mass is 16.6. The van der Waals surface area contributed by atoms with Gasteiger partial charge < -0.3 is 24.1 Å². The molecule has 8 nitrogen and oxygen atoms in total. The minimum atomic E-state index is -0.791. The van der Waals surface area contributed by atoms with E-state index < -0.39 is 12.0 Å². The van der Waals surface area contributed by atoms with Crippen molar-refractivity contribution in [1.82, 2.24) is 4.90 Å². The topological polar surface area (TPSA) is 101 Å². The summed E-state index contributed by atoms with van der Waals surface area (Å²) in [5, 5.41) is 19.2. The zero-order valence-electron chi connectivity index (χ0n) is 26.3. The van der Waals surface area contributed by atoms with Crippen LogP contribution in [0, 0.1) is 25.2 Å². The van der Waals surface area contributed by atoms with Crippen LogP contribution in [0.15, 0.2) is 72.8 Å². The summed E-state index contributed by atoms with van der Waals surface area (Å²) in [4.78, 5) is 14.1. The Bertz CT molecular complexity index is 1780. The van der Waals surface area contributed by atoms with Gasteiger partial charge in [0.1, 0.15) is 44.0 Å². The average Bonchev–Trinajstić information content (AvgIpc) is 3.08. The third-order valence-electron chi connectivity index (χ3n) is 8.76. The van der Waals surface area contributed by atoms with Crippen molar-refractivity contribution >= 4 is 5.97 Å². The van der Waals surface area contributed by atoms with E-state index in [0.717, 1.165) is 69.8 Å². The Morgan fingerprint density at radius 3 is 2.54 bits per heavy atom. The summed E-state index contributed by atoms with van der Waals surface area (Å²) in [7, 11) is 0. The lowest BCUT2D eigenvalue weighted by Crippen LogP contribution is -2.44. The van der Waals surface area contributed by atoms with Gasteiger partial charge in [-0.05, 0) is 96.9 Å². The van der Waals surface area contributed by atoms with Gasteiger partial charge in [-0.25, -0.2) is 0 Å². The van der Waals surface area contributed by atoms with Crippen LogP contribution in [0.2, 0.25) is 0 Å². The first-order chi connectivity index (χ1) is 22.4. The van der Waals surface area contributed by atoms with Crippen LogP contribution >= 0.6 is 0 Å². The van der Waals surface area contributed by atoms with E-state index in [2.05, 4.69) is 31.2 Å². The third kappa shape index (κ3) is 6.95. The van der Waals surface area contributed by atoms with E-state index in [1.54, 1.807) is 6.07 Å². The molecule has 1 atom stereocenters. The maximum atomic E-state index is 12.0. The fourth-order valence-corrected chi connectivity index (χ4v) is 6.23. The summed E-state index contributed by atoms with van der Waals surface area (Å²) in [5.74, 6) is 2.06. The van der Waals surface area contributed by atoms with E-state index >= 15 is 0 Å². The third-order valence-corrected chi connectivity index (χ3v) is 8.76. The zero-order chi connectivity index (χ0) is 32.0. The van der Waals surface area contributed by atoms with E-state index in [1.807, 2.05) is 60.4 Å². The first-order valence-electron chi connectivity index (χ1n) is 15.7. The lowest BCUT2D eigenvalue weighted by molar-refractivity contribution is -0.144. The molecule has 46 heavy (non-hydrogen) atoms. The molecule has 8 heteroatoms. The molecule has 0 saturated carbocycles. The first kappa shape index (κ1) is 31.0. The number of hydrogen-bond donors (Lipinski definition) is 1. The monoisotopic (exact) mass is 618 g/mol. The summed E-state index contributed by atoms with van der Waals surface area (Å²) >= 11 is 0. The molecule has 2 aliphatic heterocycles. The van der Waals surface area contributed by atoms with Crippen molar-refractivity contribution in [2.75, 3.05) is 19.8 Å². The van der Waals surface area contributed by atoms with Crippen LogP contribution in [0.4, 0.5) is 0 Å². The lowest BCUT2D eigenvalue weighted by Gasteiger charge is -2.33. The Hall–Kier alpha value is -5.00. The van der Waals surface area contributed by atoms with Crippen molar-refractivity contribution in [2.45, 2.75) is 58.9 Å². The number of fused-ring (bicyclic) bond motifs is 1. The summed E-state index contributed by atoms with van der Waals surface area (Å²) in [6.07, 6.45) is 2.51. The number of rotatable bonds is 10. The smallest absolute Gasteiger partial charge is 0.320 e. The standard InChI is InChI=1S/C38H38N2O6/c1-25-17-31(22-40-14-4-3-11-33(40)38(41)42)36(45-23-28-8-5-7-27(18-28)21-39)20-35(25)46-24-30-9-6-10-32(26(30)2)29-12-13-34-37(19-29)44-16-15-43-34/h5-10,12-13,17-20,33H,3-4,11,14-16,22-24H2,1-2H3,(H,41,42). The highest BCUT2D eigenvalue weighted by Gasteiger charge is 2.29. The SMILES string of the molecule is Cc1cc(CN2CCCCC2C(=O)O)c(OCc2cccc(C#N)c2)cc1OCc1cccc(-c2ccc3c(c2)OCCO3)c1C. The Morgan fingerprint density at radius 2 is 1.72 bits per heavy atom. The summed E-state index contributed by atoms with van der Waals surface area (Å²) < 4.78 is 24.3. The number of piperidine rings is 1. The van der Waals surface area contributed by atoms with E-state index in [9.17, 15) is 15.2 Å². The predicted molar refractivity (Wildman–Crippen MR) is 174 cm³/mol. The molecule has 1 N–H and O–H groups in total. The molecule has 2 aliphatic rings. The second-order valence-corrected chi connectivity index (χ2v) is 11.9. The molecule has 1 saturated heterocycles. The van der Waals surface area contributed by atoms with Crippen LogP contribution in [0.5, 0.6) is 23.0 Å². The Balaban J connectivity index is 1.25. The second-order valence-electron chi connectivity index (χ2n) is 11.9. The van der Waals surface area contributed by atoms with Gasteiger partial charge in [-0.3, -0.25) is 9.69 Å². The maximum absolute atomic E-state index is 12.0. The van der Waals surface area contributed by atoms with Crippen molar-refractivity contribution in [1.29, 1.82) is 5.26 Å². The largest absolute Gasteiger partial charge is 0.488 e. The first-order valence-corrected chi connectivity index (χ1v) is 15.7. The molecule has 6 rings (SSSR count). The Morgan fingerprint density at radius 1 is 0.913 bits per heavy atom. The highest BCUT2D eigenvalue weighted by molar-refractivity contribution is 5.73. The van der Waals surface area contributed by atoms with Crippen LogP contribution in [0.1, 0.15) is 52.6 Å². The number of likely N-dealkylation sites (tertiary alicyclic amines) is 1. The summed E-state index contributed by atoms with van der Waals surface area (Å²) in [5.41, 5.74) is 7.63. The van der Waals surface area contributed by atoms with Gasteiger partial charge >= 0.3 is 5.97 Å². The van der Waals surface area contributed by atoms with Crippen LogP contribution in [0.3, 0.4) is 0 Å². The molecule has 236 valence electrons. The number of nitrogens with zero attached hydrogens (tertiary/aromatic N) is 2. The number of ether oxygens (including phenoxy) is 4. The molecule has 0 bridgehead atoms. The molecule has 0 aliphatic carbocycles. The van der Waals surface area contributed by atoms with E-state index in [0.29, 0.717) is 49.8 Å². The molecule has 0 amide bonds. The van der Waals surface area contributed by atoms with Gasteiger partial charge in [0.05, 0.1) is 11.6 Å². The van der Waals surface area contributed by atoms with Gasteiger partial charge in [-0.1, -0.05) is 42.8 Å². The summed E-state index contributed by atoms with van der Waals surface area (Å²) in [6.45, 7) is 7.01. The van der Waals surface area contributed by atoms with Crippen molar-refractivity contribution in [3.8, 4) is 40.2 Å². The molecule has 2 heterocycles. The number of aryl methyl sites for hydroxylation is 1. The number of carbonyl (C=O) groups is 1. The fourth-order valence-electron chi connectivity index (χ4n) is 6.23. The molecule has 0 radical (unpaired) electrons. The van der Waals surface area contributed by atoms with E-state index in [4.69, 9.17) is 18.9 Å². The van der Waals surface area contributed by atoms with Gasteiger partial charge in [-0.2, -0.15) is 5.26 Å². The van der Waals surface area contributed by atoms with Crippen molar-refractivity contribution in [3.63, 3.8) is 0 Å². The fraction of sp³-hybridized carbons (Fsp3) is 0.316. The van der Waals surface area contributed by atoms with Gasteiger partial charge in [0.2, 0.25) is 0 Å². The quantitative estimate of drug-likeness (QED) is 0.199. The zero-order valence-corrected chi connectivity index (χ0v) is 26.3. The molecular formula is C38H38N2O6. The second kappa shape index (κ2) is 14.0. The predicted octanol–water partition coefficient (Wildman–Crippen LogP) is 7.21. The summed E-state index contributed by atoms with van der Waals surface area (Å²) in [6, 6.07) is 25.2. The molecular weight excluding hydrogens is 580 g/mol. The Labute approximate surface area is 269 Å². The minimum Gasteiger partial charge on any atom is -0.488 e. The lowest BCUT2D eigenvalue weighted by atomic mass is 9.96. The highest BCUT2D eigenvalue weighted by Crippen LogP contribution is 2.37. The van der Waals surface area contributed by atoms with E-state index in [1.165, 1.54) is 0 Å². The average molecular weight is 619 g/mol. The van der Waals surface area contributed by atoms with Crippen LogP contribution in [-0.4, -0.2) is 41.8 Å². The molecule has 1 fully saturated rings. The van der Waals surface area contributed by atoms with Gasteiger partial charge in [0, 0.05) is 18.2 Å². The van der Waals surface area contributed by atoms with Gasteiger partial charge in [-0.15, -0.1) is 0 Å². The molecule has 1 unspecified atom stereocenters. The van der Waals surface area contributed by atoms with Crippen molar-refractivity contribution in [2.24, 2.45) is 0 Å². The van der Waals surface area contributed by atoms with Crippen LogP contribution < -0.4 is 18.9 Å². The van der Waals surface area contributed by atoms with Gasteiger partial charge in [0.15, 0.2) is 11.5 Å². The Kier molecular flexibility index (Phi) is 9.41. The number of benzene rings is 4. The van der Waals surface area contributed by atoms with Gasteiger partial charge in [0.25, 0.3) is 0 Å². The number of carboxylic acid groups (broad SMARTS) is 1. The number of nitriles is 1. The van der Waals surface area contributed by atoms with Crippen molar-refractivity contribution in [3.05, 3.63) is 106 Å². The van der Waals surface area contributed by atoms with Crippen LogP contribution in [-0.2, 0) is 24.6 Å². The number of aliphatic carboxylic acids is 1. The number of hydrogen-bond acceptors (Lipinski definition) is 7. The molecule has 4 aromatic carbocycles. The molecule has 0 spiro atoms. The van der Waals surface area contributed by atoms with Crippen LogP contribution in [0.25, 0.3) is 11.1 Å². The molecule has 4 aromatic rings. The normalized spacial score (nSPS) is 16.0. The van der Waals surface area contributed by atoms with Crippen molar-refractivity contribution < 1.29 is 28.8 Å². The minimum absolute atomic E-state index is 0.268. The molecule has 0 aromatic heterocycles. The maximum Gasteiger partial charge on any atom is 0.320 e. The number of carboxylic acids is 1. The van der Waals surface area contributed by atoms with E-state index in [-0.39, 0.29) is 6.61 Å².